The molecule has 0 aromatic carbocycles. The standard InChI is InChI=1S/C14H25N5O/c1-18-7-4-8-19(2)12(9-18)13-16-14(20-17-13)10-5-3-6-11(10)15/h10-12H,3-9,15H2,1-2H3. The fourth-order valence-corrected chi connectivity index (χ4v) is 3.38. The lowest BCUT2D eigenvalue weighted by Crippen LogP contribution is -2.31. The van der Waals surface area contributed by atoms with Crippen molar-refractivity contribution < 1.29 is 4.52 Å². The van der Waals surface area contributed by atoms with Crippen molar-refractivity contribution in [1.82, 2.24) is 19.9 Å². The summed E-state index contributed by atoms with van der Waals surface area (Å²) in [6, 6.07) is 0.399. The zero-order valence-corrected chi connectivity index (χ0v) is 12.5. The smallest absolute Gasteiger partial charge is 0.231 e. The van der Waals surface area contributed by atoms with Crippen LogP contribution >= 0.6 is 0 Å². The quantitative estimate of drug-likeness (QED) is 0.870. The Morgan fingerprint density at radius 3 is 2.80 bits per heavy atom. The molecule has 20 heavy (non-hydrogen) atoms. The zero-order chi connectivity index (χ0) is 14.1. The molecular formula is C14H25N5O. The number of aromatic nitrogens is 2. The first-order chi connectivity index (χ1) is 9.65. The average Bonchev–Trinajstić information content (AvgIpc) is 3.00. The van der Waals surface area contributed by atoms with Gasteiger partial charge in [-0.1, -0.05) is 11.6 Å². The molecule has 112 valence electrons. The highest BCUT2D eigenvalue weighted by Gasteiger charge is 2.32. The molecule has 3 rings (SSSR count). The second kappa shape index (κ2) is 5.79. The topological polar surface area (TPSA) is 71.4 Å². The second-order valence-electron chi connectivity index (χ2n) is 6.30. The molecule has 0 bridgehead atoms. The number of likely N-dealkylation sites (N-methyl/N-ethyl adjacent to an activating group) is 2. The third-order valence-corrected chi connectivity index (χ3v) is 4.71. The maximum absolute atomic E-state index is 6.13. The summed E-state index contributed by atoms with van der Waals surface area (Å²) in [6.07, 6.45) is 4.48. The normalized spacial score (nSPS) is 33.5. The first-order valence-electron chi connectivity index (χ1n) is 7.63. The Labute approximate surface area is 120 Å². The molecule has 2 fully saturated rings. The van der Waals surface area contributed by atoms with E-state index in [2.05, 4.69) is 34.0 Å². The Kier molecular flexibility index (Phi) is 4.05. The fourth-order valence-electron chi connectivity index (χ4n) is 3.38. The van der Waals surface area contributed by atoms with Crippen LogP contribution in [0, 0.1) is 0 Å². The number of hydrogen-bond donors (Lipinski definition) is 1. The highest BCUT2D eigenvalue weighted by Crippen LogP contribution is 2.33. The first kappa shape index (κ1) is 14.0. The third kappa shape index (κ3) is 2.73. The predicted octanol–water partition coefficient (Wildman–Crippen LogP) is 0.973. The van der Waals surface area contributed by atoms with Crippen molar-refractivity contribution in [3.05, 3.63) is 11.7 Å². The summed E-state index contributed by atoms with van der Waals surface area (Å²) in [6.45, 7) is 3.15. The molecule has 1 aliphatic heterocycles. The fraction of sp³-hybridized carbons (Fsp3) is 0.857. The van der Waals surface area contributed by atoms with E-state index in [-0.39, 0.29) is 18.0 Å². The SMILES string of the molecule is CN1CCCN(C)C(c2noc(C3CCCC3N)n2)C1. The molecule has 2 N–H and O–H groups in total. The van der Waals surface area contributed by atoms with E-state index in [1.165, 1.54) is 6.42 Å². The van der Waals surface area contributed by atoms with Crippen molar-refractivity contribution in [1.29, 1.82) is 0 Å². The minimum Gasteiger partial charge on any atom is -0.339 e. The Morgan fingerprint density at radius 2 is 2.05 bits per heavy atom. The van der Waals surface area contributed by atoms with Gasteiger partial charge in [0.2, 0.25) is 5.89 Å². The van der Waals surface area contributed by atoms with Crippen LogP contribution in [0.4, 0.5) is 0 Å². The average molecular weight is 279 g/mol. The molecule has 3 unspecified atom stereocenters. The summed E-state index contributed by atoms with van der Waals surface area (Å²) < 4.78 is 5.51. The van der Waals surface area contributed by atoms with Gasteiger partial charge in [0.15, 0.2) is 5.82 Å². The van der Waals surface area contributed by atoms with Crippen LogP contribution < -0.4 is 5.73 Å². The van der Waals surface area contributed by atoms with Crippen LogP contribution in [0.3, 0.4) is 0 Å². The van der Waals surface area contributed by atoms with E-state index in [0.29, 0.717) is 0 Å². The number of hydrogen-bond acceptors (Lipinski definition) is 6. The van der Waals surface area contributed by atoms with Gasteiger partial charge in [0.1, 0.15) is 0 Å². The summed E-state index contributed by atoms with van der Waals surface area (Å²) in [4.78, 5) is 9.33. The highest BCUT2D eigenvalue weighted by atomic mass is 16.5. The van der Waals surface area contributed by atoms with Crippen molar-refractivity contribution in [2.45, 2.75) is 43.7 Å². The maximum Gasteiger partial charge on any atom is 0.231 e. The summed E-state index contributed by atoms with van der Waals surface area (Å²) in [5, 5.41) is 4.24. The van der Waals surface area contributed by atoms with Crippen LogP contribution in [-0.2, 0) is 0 Å². The van der Waals surface area contributed by atoms with Crippen LogP contribution in [0.5, 0.6) is 0 Å². The minimum absolute atomic E-state index is 0.179. The van der Waals surface area contributed by atoms with Crippen LogP contribution in [0.2, 0.25) is 0 Å². The van der Waals surface area contributed by atoms with Crippen LogP contribution in [-0.4, -0.2) is 59.7 Å². The Morgan fingerprint density at radius 1 is 1.20 bits per heavy atom. The molecule has 0 spiro atoms. The molecule has 1 aliphatic carbocycles. The van der Waals surface area contributed by atoms with E-state index in [1.807, 2.05) is 0 Å². The molecular weight excluding hydrogens is 254 g/mol. The third-order valence-electron chi connectivity index (χ3n) is 4.71. The van der Waals surface area contributed by atoms with Gasteiger partial charge in [-0.05, 0) is 46.4 Å². The van der Waals surface area contributed by atoms with Crippen molar-refractivity contribution in [2.75, 3.05) is 33.7 Å². The van der Waals surface area contributed by atoms with Gasteiger partial charge >= 0.3 is 0 Å². The lowest BCUT2D eigenvalue weighted by Gasteiger charge is -2.24. The molecule has 1 saturated heterocycles. The van der Waals surface area contributed by atoms with Crippen molar-refractivity contribution >= 4 is 0 Å². The highest BCUT2D eigenvalue weighted by molar-refractivity contribution is 5.05. The van der Waals surface area contributed by atoms with E-state index in [1.54, 1.807) is 0 Å². The monoisotopic (exact) mass is 279 g/mol. The van der Waals surface area contributed by atoms with E-state index in [9.17, 15) is 0 Å². The van der Waals surface area contributed by atoms with Crippen molar-refractivity contribution in [3.8, 4) is 0 Å². The maximum atomic E-state index is 6.13. The lowest BCUT2D eigenvalue weighted by atomic mass is 10.1. The largest absolute Gasteiger partial charge is 0.339 e. The van der Waals surface area contributed by atoms with Crippen LogP contribution in [0.15, 0.2) is 4.52 Å². The molecule has 6 nitrogen and oxygen atoms in total. The molecule has 1 saturated carbocycles. The molecule has 0 radical (unpaired) electrons. The summed E-state index contributed by atoms with van der Waals surface area (Å²) >= 11 is 0. The summed E-state index contributed by atoms with van der Waals surface area (Å²) in [5.74, 6) is 1.81. The zero-order valence-electron chi connectivity index (χ0n) is 12.5. The van der Waals surface area contributed by atoms with E-state index in [4.69, 9.17) is 10.3 Å². The molecule has 1 aromatic rings. The van der Waals surface area contributed by atoms with Gasteiger partial charge in [0, 0.05) is 12.6 Å². The predicted molar refractivity (Wildman–Crippen MR) is 76.4 cm³/mol. The Hall–Kier alpha value is -0.980. The Bertz CT molecular complexity index is 449. The van der Waals surface area contributed by atoms with Gasteiger partial charge in [-0.3, -0.25) is 4.90 Å². The van der Waals surface area contributed by atoms with Crippen LogP contribution in [0.1, 0.15) is 49.4 Å². The molecule has 2 heterocycles. The van der Waals surface area contributed by atoms with Gasteiger partial charge in [0.25, 0.3) is 0 Å². The van der Waals surface area contributed by atoms with Crippen molar-refractivity contribution in [3.63, 3.8) is 0 Å². The van der Waals surface area contributed by atoms with Gasteiger partial charge in [-0.2, -0.15) is 4.98 Å². The van der Waals surface area contributed by atoms with Gasteiger partial charge in [-0.25, -0.2) is 0 Å². The second-order valence-corrected chi connectivity index (χ2v) is 6.30. The number of nitrogens with zero attached hydrogens (tertiary/aromatic N) is 4. The van der Waals surface area contributed by atoms with Crippen molar-refractivity contribution in [2.24, 2.45) is 5.73 Å². The number of nitrogens with two attached hydrogens (primary N) is 1. The summed E-state index contributed by atoms with van der Waals surface area (Å²) in [5.41, 5.74) is 6.13. The van der Waals surface area contributed by atoms with Gasteiger partial charge in [-0.15, -0.1) is 0 Å². The molecule has 1 aromatic heterocycles. The van der Waals surface area contributed by atoms with Crippen LogP contribution in [0.25, 0.3) is 0 Å². The van der Waals surface area contributed by atoms with Gasteiger partial charge < -0.3 is 15.2 Å². The lowest BCUT2D eigenvalue weighted by molar-refractivity contribution is 0.214. The van der Waals surface area contributed by atoms with E-state index in [0.717, 1.165) is 50.6 Å². The minimum atomic E-state index is 0.179. The number of rotatable bonds is 2. The molecule has 2 aliphatic rings. The molecule has 6 heteroatoms. The summed E-state index contributed by atoms with van der Waals surface area (Å²) in [7, 11) is 4.29. The van der Waals surface area contributed by atoms with E-state index < -0.39 is 0 Å². The molecule has 0 amide bonds. The van der Waals surface area contributed by atoms with E-state index >= 15 is 0 Å². The first-order valence-corrected chi connectivity index (χ1v) is 7.63. The van der Waals surface area contributed by atoms with Gasteiger partial charge in [0.05, 0.1) is 12.0 Å². The molecule has 3 atom stereocenters. The Balaban J connectivity index is 1.77.